The Morgan fingerprint density at radius 3 is 2.79 bits per heavy atom. The largest absolute Gasteiger partial charge is 0.493 e. The fourth-order valence-corrected chi connectivity index (χ4v) is 4.88. The van der Waals surface area contributed by atoms with E-state index in [9.17, 15) is 9.90 Å². The molecule has 0 unspecified atom stereocenters. The van der Waals surface area contributed by atoms with Crippen LogP contribution in [0.1, 0.15) is 0 Å². The van der Waals surface area contributed by atoms with E-state index in [2.05, 4.69) is 48.0 Å². The summed E-state index contributed by atoms with van der Waals surface area (Å²) >= 11 is 4.65. The monoisotopic (exact) mass is 542 g/mol. The van der Waals surface area contributed by atoms with E-state index in [-0.39, 0.29) is 17.3 Å². The fourth-order valence-electron chi connectivity index (χ4n) is 3.90. The van der Waals surface area contributed by atoms with Crippen LogP contribution in [-0.2, 0) is 11.5 Å². The number of carbonyl (C=O) groups excluding carboxylic acids is 1. The zero-order chi connectivity index (χ0) is 23.7. The Balaban J connectivity index is 1.34. The van der Waals surface area contributed by atoms with Gasteiger partial charge in [0.05, 0.1) is 17.9 Å². The van der Waals surface area contributed by atoms with Gasteiger partial charge in [-0.25, -0.2) is 4.98 Å². The number of likely N-dealkylation sites (N-methyl/N-ethyl adjacent to an activating group) is 1. The number of amides is 1. The smallest absolute Gasteiger partial charge is 0.275 e. The van der Waals surface area contributed by atoms with Crippen molar-refractivity contribution in [3.8, 4) is 5.88 Å². The molecule has 2 aromatic heterocycles. The lowest BCUT2D eigenvalue weighted by molar-refractivity contribution is -0.115. The molecule has 176 valence electrons. The molecule has 11 heteroatoms. The number of benzene rings is 2. The van der Waals surface area contributed by atoms with Gasteiger partial charge in [0.15, 0.2) is 11.3 Å². The van der Waals surface area contributed by atoms with Gasteiger partial charge < -0.3 is 14.4 Å². The molecule has 1 aliphatic heterocycles. The highest BCUT2D eigenvalue weighted by molar-refractivity contribution is 9.10. The fraction of sp³-hybridized carbons (Fsp3) is 0.304. The van der Waals surface area contributed by atoms with Gasteiger partial charge in [-0.2, -0.15) is 0 Å². The van der Waals surface area contributed by atoms with Gasteiger partial charge >= 0.3 is 0 Å². The first-order chi connectivity index (χ1) is 16.5. The second-order valence-electron chi connectivity index (χ2n) is 8.15. The lowest BCUT2D eigenvalue weighted by Crippen LogP contribution is -2.44. The normalized spacial score (nSPS) is 15.7. The minimum atomic E-state index is -0.443. The van der Waals surface area contributed by atoms with Crippen molar-refractivity contribution in [1.82, 2.24) is 19.4 Å². The molecule has 2 aromatic carbocycles. The zero-order valence-electron chi connectivity index (χ0n) is 18.5. The number of nitrogens with zero attached hydrogens (tertiary/aromatic N) is 6. The Kier molecular flexibility index (Phi) is 6.68. The van der Waals surface area contributed by atoms with Crippen LogP contribution >= 0.6 is 27.7 Å². The van der Waals surface area contributed by atoms with E-state index in [1.807, 2.05) is 47.0 Å². The summed E-state index contributed by atoms with van der Waals surface area (Å²) < 4.78 is 8.30. The molecule has 1 saturated heterocycles. The van der Waals surface area contributed by atoms with Crippen molar-refractivity contribution in [3.05, 3.63) is 46.9 Å². The minimum absolute atomic E-state index is 0.00446. The van der Waals surface area contributed by atoms with Crippen molar-refractivity contribution in [2.24, 2.45) is 10.2 Å². The molecule has 0 bridgehead atoms. The van der Waals surface area contributed by atoms with E-state index >= 15 is 0 Å². The SMILES string of the molecule is CN1CCN(Cn2c(O)c(N=NC(=O)CSc3nc4ccccc4o3)c3cc(Br)ccc32)CC1. The summed E-state index contributed by atoms with van der Waals surface area (Å²) in [6.07, 6.45) is 0. The summed E-state index contributed by atoms with van der Waals surface area (Å²) in [6.45, 7) is 4.31. The van der Waals surface area contributed by atoms with E-state index in [1.165, 1.54) is 0 Å². The number of halogens is 1. The molecule has 1 fully saturated rings. The van der Waals surface area contributed by atoms with Gasteiger partial charge in [0, 0.05) is 36.0 Å². The second kappa shape index (κ2) is 9.87. The molecule has 9 nitrogen and oxygen atoms in total. The quantitative estimate of drug-likeness (QED) is 0.274. The number of azo groups is 1. The van der Waals surface area contributed by atoms with Crippen LogP contribution in [0, 0.1) is 0 Å². The number of hydrogen-bond donors (Lipinski definition) is 1. The van der Waals surface area contributed by atoms with Crippen LogP contribution in [-0.4, -0.2) is 69.3 Å². The number of rotatable bonds is 6. The molecule has 1 aliphatic rings. The second-order valence-corrected chi connectivity index (χ2v) is 10.00. The maximum atomic E-state index is 12.4. The molecule has 0 atom stereocenters. The first-order valence-corrected chi connectivity index (χ1v) is 12.6. The van der Waals surface area contributed by atoms with Crippen LogP contribution in [0.4, 0.5) is 5.69 Å². The van der Waals surface area contributed by atoms with Gasteiger partial charge in [-0.15, -0.1) is 10.2 Å². The minimum Gasteiger partial charge on any atom is -0.493 e. The number of carbonyl (C=O) groups is 1. The molecule has 0 radical (unpaired) electrons. The van der Waals surface area contributed by atoms with Crippen molar-refractivity contribution >= 4 is 61.3 Å². The van der Waals surface area contributed by atoms with Crippen LogP contribution in [0.15, 0.2) is 66.8 Å². The number of aromatic nitrogens is 2. The van der Waals surface area contributed by atoms with Crippen molar-refractivity contribution in [2.45, 2.75) is 11.9 Å². The zero-order valence-corrected chi connectivity index (χ0v) is 20.9. The van der Waals surface area contributed by atoms with Crippen molar-refractivity contribution < 1.29 is 14.3 Å². The molecule has 34 heavy (non-hydrogen) atoms. The predicted octanol–water partition coefficient (Wildman–Crippen LogP) is 4.86. The molecule has 3 heterocycles. The van der Waals surface area contributed by atoms with Gasteiger partial charge in [0.1, 0.15) is 5.52 Å². The third-order valence-electron chi connectivity index (χ3n) is 5.76. The number of piperazine rings is 1. The number of oxazole rings is 1. The van der Waals surface area contributed by atoms with E-state index in [0.29, 0.717) is 17.5 Å². The van der Waals surface area contributed by atoms with Gasteiger partial charge in [-0.3, -0.25) is 14.3 Å². The van der Waals surface area contributed by atoms with E-state index in [0.717, 1.165) is 58.8 Å². The number of fused-ring (bicyclic) bond motifs is 2. The number of thioether (sulfide) groups is 1. The molecule has 4 aromatic rings. The van der Waals surface area contributed by atoms with E-state index in [1.54, 1.807) is 0 Å². The van der Waals surface area contributed by atoms with Crippen LogP contribution in [0.2, 0.25) is 0 Å². The molecule has 1 N–H and O–H groups in total. The molecule has 0 saturated carbocycles. The lowest BCUT2D eigenvalue weighted by atomic mass is 10.2. The summed E-state index contributed by atoms with van der Waals surface area (Å²) in [6, 6.07) is 13.2. The highest BCUT2D eigenvalue weighted by atomic mass is 79.9. The van der Waals surface area contributed by atoms with Crippen LogP contribution in [0.3, 0.4) is 0 Å². The Bertz CT molecular complexity index is 1340. The summed E-state index contributed by atoms with van der Waals surface area (Å²) in [5, 5.41) is 20.1. The lowest BCUT2D eigenvalue weighted by Gasteiger charge is -2.32. The maximum Gasteiger partial charge on any atom is 0.275 e. The number of hydrogen-bond acceptors (Lipinski definition) is 8. The topological polar surface area (TPSA) is 99.5 Å². The predicted molar refractivity (Wildman–Crippen MR) is 135 cm³/mol. The van der Waals surface area contributed by atoms with E-state index in [4.69, 9.17) is 4.42 Å². The van der Waals surface area contributed by atoms with Gasteiger partial charge in [0.25, 0.3) is 11.1 Å². The van der Waals surface area contributed by atoms with Crippen LogP contribution in [0.5, 0.6) is 5.88 Å². The van der Waals surface area contributed by atoms with Gasteiger partial charge in [0.2, 0.25) is 5.88 Å². The average molecular weight is 543 g/mol. The summed E-state index contributed by atoms with van der Waals surface area (Å²) in [5.41, 5.74) is 2.53. The summed E-state index contributed by atoms with van der Waals surface area (Å²) in [7, 11) is 2.11. The third kappa shape index (κ3) is 4.88. The van der Waals surface area contributed by atoms with Crippen molar-refractivity contribution in [3.63, 3.8) is 0 Å². The summed E-state index contributed by atoms with van der Waals surface area (Å²) in [5.74, 6) is -0.419. The number of para-hydroxylation sites is 2. The van der Waals surface area contributed by atoms with E-state index < -0.39 is 5.91 Å². The Morgan fingerprint density at radius 2 is 2.00 bits per heavy atom. The van der Waals surface area contributed by atoms with Crippen molar-refractivity contribution in [2.75, 3.05) is 39.0 Å². The Morgan fingerprint density at radius 1 is 1.21 bits per heavy atom. The summed E-state index contributed by atoms with van der Waals surface area (Å²) in [4.78, 5) is 21.3. The standard InChI is InChI=1S/C23H23BrN6O3S/c1-28-8-10-29(11-9-28)14-30-18-7-6-15(24)12-16(18)21(22(30)32)27-26-20(31)13-34-23-25-17-4-2-3-5-19(17)33-23/h2-7,12,32H,8-11,13-14H2,1H3. The Labute approximate surface area is 208 Å². The highest BCUT2D eigenvalue weighted by Gasteiger charge is 2.21. The van der Waals surface area contributed by atoms with Crippen LogP contribution in [0.25, 0.3) is 22.0 Å². The third-order valence-corrected chi connectivity index (χ3v) is 7.07. The highest BCUT2D eigenvalue weighted by Crippen LogP contribution is 2.40. The molecule has 0 aliphatic carbocycles. The average Bonchev–Trinajstić information content (AvgIpc) is 3.36. The first kappa shape index (κ1) is 23.0. The van der Waals surface area contributed by atoms with Crippen molar-refractivity contribution in [1.29, 1.82) is 0 Å². The molecule has 5 rings (SSSR count). The molecule has 0 spiro atoms. The molecular weight excluding hydrogens is 520 g/mol. The van der Waals surface area contributed by atoms with Crippen LogP contribution < -0.4 is 0 Å². The first-order valence-electron chi connectivity index (χ1n) is 10.8. The molecular formula is C23H23BrN6O3S. The number of aromatic hydroxyl groups is 1. The van der Waals surface area contributed by atoms with Gasteiger partial charge in [-0.1, -0.05) is 39.8 Å². The molecule has 1 amide bonds. The Hall–Kier alpha value is -2.73. The maximum absolute atomic E-state index is 12.4. The van der Waals surface area contributed by atoms with Gasteiger partial charge in [-0.05, 0) is 37.4 Å².